The van der Waals surface area contributed by atoms with E-state index in [1.807, 2.05) is 11.4 Å². The molecule has 1 N–H and O–H groups in total. The maximum atomic E-state index is 10.5. The molecule has 1 heterocycles. The van der Waals surface area contributed by atoms with Crippen LogP contribution in [0.1, 0.15) is 50.5 Å². The summed E-state index contributed by atoms with van der Waals surface area (Å²) in [5, 5.41) is 10.6. The highest BCUT2D eigenvalue weighted by molar-refractivity contribution is 7.10. The molecule has 0 bridgehead atoms. The molecule has 1 aromatic heterocycles. The van der Waals surface area contributed by atoms with Gasteiger partial charge in [-0.15, -0.1) is 11.3 Å². The molecule has 2 atom stereocenters. The Balaban J connectivity index is 1.87. The van der Waals surface area contributed by atoms with Gasteiger partial charge < -0.3 is 9.84 Å². The number of aliphatic carboxylic acids is 1. The summed E-state index contributed by atoms with van der Waals surface area (Å²) in [5.74, 6) is -0.200. The lowest BCUT2D eigenvalue weighted by Gasteiger charge is -2.38. The van der Waals surface area contributed by atoms with Crippen molar-refractivity contribution in [1.82, 2.24) is 0 Å². The van der Waals surface area contributed by atoms with Gasteiger partial charge in [0, 0.05) is 11.0 Å². The predicted octanol–water partition coefficient (Wildman–Crippen LogP) is 4.58. The van der Waals surface area contributed by atoms with Crippen molar-refractivity contribution < 1.29 is 14.6 Å². The Morgan fingerprint density at radius 3 is 2.95 bits per heavy atom. The molecule has 0 radical (unpaired) electrons. The lowest BCUT2D eigenvalue weighted by molar-refractivity contribution is -0.131. The molecule has 4 heteroatoms. The van der Waals surface area contributed by atoms with Gasteiger partial charge in [0.15, 0.2) is 0 Å². The Morgan fingerprint density at radius 2 is 2.29 bits per heavy atom. The van der Waals surface area contributed by atoms with Gasteiger partial charge in [-0.3, -0.25) is 0 Å². The smallest absolute Gasteiger partial charge is 0.328 e. The Hall–Kier alpha value is -1.13. The Morgan fingerprint density at radius 1 is 1.52 bits per heavy atom. The fraction of sp³-hybridized carbons (Fsp3) is 0.588. The molecule has 3 nitrogen and oxygen atoms in total. The second-order valence-corrected chi connectivity index (χ2v) is 7.86. The summed E-state index contributed by atoms with van der Waals surface area (Å²) in [5.41, 5.74) is 1.30. The average molecular weight is 308 g/mol. The molecular formula is C17H24O3S. The summed E-state index contributed by atoms with van der Waals surface area (Å²) in [6.45, 7) is 7.56. The molecule has 1 saturated carbocycles. The first kappa shape index (κ1) is 16.2. The van der Waals surface area contributed by atoms with Gasteiger partial charge in [0.1, 0.15) is 0 Å². The highest BCUT2D eigenvalue weighted by Crippen LogP contribution is 2.40. The molecule has 1 aliphatic rings. The van der Waals surface area contributed by atoms with E-state index in [1.165, 1.54) is 6.42 Å². The number of carbonyl (C=O) groups is 1. The van der Waals surface area contributed by atoms with Gasteiger partial charge in [0.05, 0.1) is 12.7 Å². The minimum absolute atomic E-state index is 0.337. The summed E-state index contributed by atoms with van der Waals surface area (Å²) in [4.78, 5) is 11.6. The van der Waals surface area contributed by atoms with Crippen molar-refractivity contribution >= 4 is 23.4 Å². The van der Waals surface area contributed by atoms with Crippen LogP contribution in [0.15, 0.2) is 17.5 Å². The van der Waals surface area contributed by atoms with Crippen molar-refractivity contribution in [2.24, 2.45) is 11.3 Å². The third-order valence-electron chi connectivity index (χ3n) is 3.90. The van der Waals surface area contributed by atoms with Gasteiger partial charge in [-0.1, -0.05) is 20.8 Å². The van der Waals surface area contributed by atoms with Gasteiger partial charge in [-0.25, -0.2) is 4.79 Å². The van der Waals surface area contributed by atoms with E-state index in [0.717, 1.165) is 35.3 Å². The van der Waals surface area contributed by atoms with E-state index < -0.39 is 5.97 Å². The van der Waals surface area contributed by atoms with Crippen LogP contribution in [0.5, 0.6) is 0 Å². The zero-order chi connectivity index (χ0) is 15.5. The molecule has 0 aromatic carbocycles. The first-order valence-corrected chi connectivity index (χ1v) is 8.32. The normalized spacial score (nSPS) is 25.3. The summed E-state index contributed by atoms with van der Waals surface area (Å²) in [6, 6.07) is 2.00. The zero-order valence-electron chi connectivity index (χ0n) is 13.0. The van der Waals surface area contributed by atoms with E-state index in [2.05, 4.69) is 20.8 Å². The summed E-state index contributed by atoms with van der Waals surface area (Å²) in [7, 11) is 0. The van der Waals surface area contributed by atoms with Crippen LogP contribution < -0.4 is 0 Å². The third kappa shape index (κ3) is 5.29. The number of rotatable bonds is 5. The van der Waals surface area contributed by atoms with Gasteiger partial charge in [0.25, 0.3) is 0 Å². The quantitative estimate of drug-likeness (QED) is 0.810. The van der Waals surface area contributed by atoms with Gasteiger partial charge >= 0.3 is 5.97 Å². The molecule has 0 amide bonds. The van der Waals surface area contributed by atoms with Crippen molar-refractivity contribution in [1.29, 1.82) is 0 Å². The fourth-order valence-corrected chi connectivity index (χ4v) is 4.09. The molecule has 2 rings (SSSR count). The SMILES string of the molecule is CC1CC(OCc2cc(C=CC(=O)O)cs2)CC(C)(C)C1. The van der Waals surface area contributed by atoms with Crippen LogP contribution in [0.2, 0.25) is 0 Å². The largest absolute Gasteiger partial charge is 0.478 e. The molecule has 1 fully saturated rings. The highest BCUT2D eigenvalue weighted by atomic mass is 32.1. The number of carboxylic acid groups (broad SMARTS) is 1. The van der Waals surface area contributed by atoms with Crippen molar-refractivity contribution in [2.45, 2.75) is 52.7 Å². The highest BCUT2D eigenvalue weighted by Gasteiger charge is 2.32. The molecule has 21 heavy (non-hydrogen) atoms. The number of hydrogen-bond acceptors (Lipinski definition) is 3. The molecular weight excluding hydrogens is 284 g/mol. The minimum atomic E-state index is -0.919. The summed E-state index contributed by atoms with van der Waals surface area (Å²) < 4.78 is 6.08. The van der Waals surface area contributed by atoms with E-state index in [0.29, 0.717) is 18.1 Å². The van der Waals surface area contributed by atoms with E-state index in [4.69, 9.17) is 9.84 Å². The van der Waals surface area contributed by atoms with Crippen molar-refractivity contribution in [2.75, 3.05) is 0 Å². The van der Waals surface area contributed by atoms with E-state index >= 15 is 0 Å². The number of ether oxygens (including phenoxy) is 1. The first-order valence-electron chi connectivity index (χ1n) is 7.44. The van der Waals surface area contributed by atoms with Crippen molar-refractivity contribution in [3.8, 4) is 0 Å². The topological polar surface area (TPSA) is 46.5 Å². The van der Waals surface area contributed by atoms with Gasteiger partial charge in [-0.05, 0) is 53.7 Å². The van der Waals surface area contributed by atoms with E-state index in [-0.39, 0.29) is 0 Å². The maximum absolute atomic E-state index is 10.5. The molecule has 0 spiro atoms. The summed E-state index contributed by atoms with van der Waals surface area (Å²) >= 11 is 1.62. The lowest BCUT2D eigenvalue weighted by Crippen LogP contribution is -2.32. The van der Waals surface area contributed by atoms with E-state index in [1.54, 1.807) is 17.4 Å². The standard InChI is InChI=1S/C17H24O3S/c1-12-6-14(9-17(2,3)8-12)20-10-15-7-13(11-21-15)4-5-16(18)19/h4-5,7,11-12,14H,6,8-10H2,1-3H3,(H,18,19). The first-order chi connectivity index (χ1) is 9.84. The Kier molecular flexibility index (Phi) is 5.22. The Labute approximate surface area is 130 Å². The zero-order valence-corrected chi connectivity index (χ0v) is 13.8. The molecule has 1 aromatic rings. The predicted molar refractivity (Wildman–Crippen MR) is 86.4 cm³/mol. The maximum Gasteiger partial charge on any atom is 0.328 e. The van der Waals surface area contributed by atoms with Crippen LogP contribution in [0, 0.1) is 11.3 Å². The molecule has 2 unspecified atom stereocenters. The number of thiophene rings is 1. The van der Waals surface area contributed by atoms with Crippen molar-refractivity contribution in [3.63, 3.8) is 0 Å². The third-order valence-corrected chi connectivity index (χ3v) is 4.83. The molecule has 0 saturated heterocycles. The minimum Gasteiger partial charge on any atom is -0.478 e. The lowest BCUT2D eigenvalue weighted by atomic mass is 9.71. The molecule has 116 valence electrons. The van der Waals surface area contributed by atoms with Crippen LogP contribution in [0.4, 0.5) is 0 Å². The second kappa shape index (κ2) is 6.75. The van der Waals surface area contributed by atoms with Crippen LogP contribution >= 0.6 is 11.3 Å². The number of carboxylic acids is 1. The fourth-order valence-electron chi connectivity index (χ4n) is 3.31. The van der Waals surface area contributed by atoms with Crippen LogP contribution in [0.25, 0.3) is 6.08 Å². The average Bonchev–Trinajstić information content (AvgIpc) is 2.79. The second-order valence-electron chi connectivity index (χ2n) is 6.86. The van der Waals surface area contributed by atoms with Crippen LogP contribution in [-0.4, -0.2) is 17.2 Å². The van der Waals surface area contributed by atoms with E-state index in [9.17, 15) is 4.79 Å². The number of hydrogen-bond donors (Lipinski definition) is 1. The Bertz CT molecular complexity index is 516. The van der Waals surface area contributed by atoms with Crippen LogP contribution in [-0.2, 0) is 16.1 Å². The molecule has 0 aliphatic heterocycles. The van der Waals surface area contributed by atoms with Gasteiger partial charge in [0.2, 0.25) is 0 Å². The molecule has 1 aliphatic carbocycles. The summed E-state index contributed by atoms with van der Waals surface area (Å²) in [6.07, 6.45) is 6.65. The van der Waals surface area contributed by atoms with Crippen LogP contribution in [0.3, 0.4) is 0 Å². The van der Waals surface area contributed by atoms with Crippen molar-refractivity contribution in [3.05, 3.63) is 28.0 Å². The van der Waals surface area contributed by atoms with Gasteiger partial charge in [-0.2, -0.15) is 0 Å². The monoisotopic (exact) mass is 308 g/mol.